The molecule has 1 amide bonds. The van der Waals surface area contributed by atoms with Crippen LogP contribution >= 0.6 is 0 Å². The van der Waals surface area contributed by atoms with Crippen molar-refractivity contribution in [1.82, 2.24) is 29.9 Å². The predicted octanol–water partition coefficient (Wildman–Crippen LogP) is -1.65. The third-order valence-corrected chi connectivity index (χ3v) is 3.59. The Labute approximate surface area is 124 Å². The number of carbonyl (C=O) groups excluding carboxylic acids is 1. The highest BCUT2D eigenvalue weighted by atomic mass is 16.3. The fraction of sp³-hybridized carbons (Fsp3) is 0.769. The Morgan fingerprint density at radius 3 is 2.81 bits per heavy atom. The zero-order valence-electron chi connectivity index (χ0n) is 12.9. The van der Waals surface area contributed by atoms with Crippen molar-refractivity contribution in [3.63, 3.8) is 0 Å². The summed E-state index contributed by atoms with van der Waals surface area (Å²) in [5, 5.41) is 17.2. The largest absolute Gasteiger partial charge is 0.390 e. The van der Waals surface area contributed by atoms with Crippen molar-refractivity contribution in [3.8, 4) is 0 Å². The van der Waals surface area contributed by atoms with Gasteiger partial charge in [-0.1, -0.05) is 0 Å². The van der Waals surface area contributed by atoms with Gasteiger partial charge in [0.2, 0.25) is 5.91 Å². The average molecular weight is 296 g/mol. The molecule has 1 aliphatic rings. The average Bonchev–Trinajstić information content (AvgIpc) is 2.61. The van der Waals surface area contributed by atoms with Crippen LogP contribution in [-0.2, 0) is 18.4 Å². The fourth-order valence-electron chi connectivity index (χ4n) is 2.58. The van der Waals surface area contributed by atoms with Crippen LogP contribution in [0.5, 0.6) is 0 Å². The Balaban J connectivity index is 1.97. The molecule has 1 aliphatic heterocycles. The molecule has 1 aromatic rings. The van der Waals surface area contributed by atoms with Crippen molar-refractivity contribution in [2.24, 2.45) is 7.05 Å². The van der Waals surface area contributed by atoms with Crippen LogP contribution in [0.4, 0.5) is 0 Å². The van der Waals surface area contributed by atoms with Gasteiger partial charge in [-0.15, -0.1) is 0 Å². The van der Waals surface area contributed by atoms with Crippen molar-refractivity contribution in [3.05, 3.63) is 11.6 Å². The van der Waals surface area contributed by atoms with Crippen molar-refractivity contribution in [2.75, 3.05) is 39.8 Å². The molecule has 0 aliphatic carbocycles. The summed E-state index contributed by atoms with van der Waals surface area (Å²) in [7, 11) is 3.61. The highest BCUT2D eigenvalue weighted by Gasteiger charge is 2.24. The monoisotopic (exact) mass is 296 g/mol. The first-order valence-corrected chi connectivity index (χ1v) is 7.19. The highest BCUT2D eigenvalue weighted by molar-refractivity contribution is 5.78. The number of rotatable bonds is 4. The number of amides is 1. The normalized spacial score (nSPS) is 20.6. The van der Waals surface area contributed by atoms with Crippen LogP contribution in [0, 0.1) is 6.92 Å². The number of hydrogen-bond acceptors (Lipinski definition) is 6. The Hall–Kier alpha value is -1.51. The van der Waals surface area contributed by atoms with Gasteiger partial charge in [0.1, 0.15) is 11.6 Å². The van der Waals surface area contributed by atoms with E-state index in [0.29, 0.717) is 32.7 Å². The van der Waals surface area contributed by atoms with E-state index in [9.17, 15) is 9.90 Å². The van der Waals surface area contributed by atoms with Crippen LogP contribution < -0.4 is 5.32 Å². The standard InChI is InChI=1S/C13H24N6O2/c1-10-15-12(17(3)16-10)9-18-4-5-19(8-11(20)7-18)13(21)6-14-2/h11,14,20H,4-9H2,1-3H3/t11-/m1/s1. The number of aliphatic hydroxyl groups excluding tert-OH is 1. The van der Waals surface area contributed by atoms with Gasteiger partial charge in [0.15, 0.2) is 0 Å². The maximum absolute atomic E-state index is 11.9. The summed E-state index contributed by atoms with van der Waals surface area (Å²) in [5.74, 6) is 1.64. The first-order valence-electron chi connectivity index (χ1n) is 7.19. The van der Waals surface area contributed by atoms with Gasteiger partial charge in [0.05, 0.1) is 19.2 Å². The fourth-order valence-corrected chi connectivity index (χ4v) is 2.58. The van der Waals surface area contributed by atoms with E-state index in [1.54, 1.807) is 16.6 Å². The maximum atomic E-state index is 11.9. The minimum absolute atomic E-state index is 0.0212. The van der Waals surface area contributed by atoms with Gasteiger partial charge in [0.25, 0.3) is 0 Å². The number of β-amino-alcohol motifs (C(OH)–C–C–N with tert-alkyl or cyclic N) is 1. The molecule has 0 unspecified atom stereocenters. The van der Waals surface area contributed by atoms with E-state index >= 15 is 0 Å². The van der Waals surface area contributed by atoms with Gasteiger partial charge < -0.3 is 15.3 Å². The second kappa shape index (κ2) is 6.97. The molecule has 1 atom stereocenters. The third kappa shape index (κ3) is 4.23. The summed E-state index contributed by atoms with van der Waals surface area (Å²) in [5.41, 5.74) is 0. The number of likely N-dealkylation sites (N-methyl/N-ethyl adjacent to an activating group) is 1. The van der Waals surface area contributed by atoms with Crippen LogP contribution in [0.25, 0.3) is 0 Å². The molecule has 0 aromatic carbocycles. The summed E-state index contributed by atoms with van der Waals surface area (Å²) >= 11 is 0. The molecular weight excluding hydrogens is 272 g/mol. The minimum Gasteiger partial charge on any atom is -0.390 e. The zero-order valence-corrected chi connectivity index (χ0v) is 12.9. The SMILES string of the molecule is CNCC(=O)N1CCN(Cc2nc(C)nn2C)C[C@@H](O)C1. The lowest BCUT2D eigenvalue weighted by Crippen LogP contribution is -2.41. The molecule has 118 valence electrons. The molecule has 1 fully saturated rings. The second-order valence-corrected chi connectivity index (χ2v) is 5.46. The molecule has 1 saturated heterocycles. The number of hydrogen-bond donors (Lipinski definition) is 2. The molecule has 8 heteroatoms. The van der Waals surface area contributed by atoms with E-state index in [1.165, 1.54) is 0 Å². The quantitative estimate of drug-likeness (QED) is 0.692. The molecule has 0 spiro atoms. The lowest BCUT2D eigenvalue weighted by molar-refractivity contribution is -0.131. The van der Waals surface area contributed by atoms with Crippen LogP contribution in [0.15, 0.2) is 0 Å². The Kier molecular flexibility index (Phi) is 5.27. The Morgan fingerprint density at radius 1 is 1.43 bits per heavy atom. The van der Waals surface area contributed by atoms with E-state index < -0.39 is 6.10 Å². The third-order valence-electron chi connectivity index (χ3n) is 3.59. The molecule has 0 bridgehead atoms. The van der Waals surface area contributed by atoms with Gasteiger partial charge in [-0.3, -0.25) is 14.4 Å². The minimum atomic E-state index is -0.539. The molecule has 2 rings (SSSR count). The van der Waals surface area contributed by atoms with Gasteiger partial charge in [-0.25, -0.2) is 4.98 Å². The summed E-state index contributed by atoms with van der Waals surface area (Å²) in [6.07, 6.45) is -0.539. The van der Waals surface area contributed by atoms with Crippen molar-refractivity contribution in [1.29, 1.82) is 0 Å². The first-order chi connectivity index (χ1) is 9.99. The number of aryl methyl sites for hydroxylation is 2. The topological polar surface area (TPSA) is 86.5 Å². The van der Waals surface area contributed by atoms with E-state index in [0.717, 1.165) is 18.2 Å². The lowest BCUT2D eigenvalue weighted by Gasteiger charge is -2.21. The number of nitrogens with zero attached hydrogens (tertiary/aromatic N) is 5. The van der Waals surface area contributed by atoms with Gasteiger partial charge >= 0.3 is 0 Å². The summed E-state index contributed by atoms with van der Waals surface area (Å²) in [6, 6.07) is 0. The van der Waals surface area contributed by atoms with E-state index in [1.807, 2.05) is 14.0 Å². The van der Waals surface area contributed by atoms with Gasteiger partial charge in [-0.2, -0.15) is 5.10 Å². The Bertz CT molecular complexity index is 489. The number of aliphatic hydroxyl groups is 1. The summed E-state index contributed by atoms with van der Waals surface area (Å²) < 4.78 is 1.76. The van der Waals surface area contributed by atoms with Crippen molar-refractivity contribution in [2.45, 2.75) is 19.6 Å². The molecule has 8 nitrogen and oxygen atoms in total. The van der Waals surface area contributed by atoms with E-state index in [-0.39, 0.29) is 5.91 Å². The van der Waals surface area contributed by atoms with Crippen LogP contribution in [0.1, 0.15) is 11.6 Å². The van der Waals surface area contributed by atoms with Crippen molar-refractivity contribution >= 4 is 5.91 Å². The number of nitrogens with one attached hydrogen (secondary N) is 1. The number of carbonyl (C=O) groups is 1. The van der Waals surface area contributed by atoms with Crippen LogP contribution in [0.3, 0.4) is 0 Å². The summed E-state index contributed by atoms with van der Waals surface area (Å²) in [4.78, 5) is 20.1. The predicted molar refractivity (Wildman–Crippen MR) is 77.5 cm³/mol. The zero-order chi connectivity index (χ0) is 15.4. The molecule has 0 radical (unpaired) electrons. The molecule has 0 saturated carbocycles. The van der Waals surface area contributed by atoms with Crippen LogP contribution in [0.2, 0.25) is 0 Å². The van der Waals surface area contributed by atoms with E-state index in [2.05, 4.69) is 20.3 Å². The van der Waals surface area contributed by atoms with Crippen molar-refractivity contribution < 1.29 is 9.90 Å². The molecule has 2 N–H and O–H groups in total. The molecule has 21 heavy (non-hydrogen) atoms. The molecule has 1 aromatic heterocycles. The highest BCUT2D eigenvalue weighted by Crippen LogP contribution is 2.08. The Morgan fingerprint density at radius 2 is 2.19 bits per heavy atom. The molecule has 2 heterocycles. The lowest BCUT2D eigenvalue weighted by atomic mass is 10.3. The number of aromatic nitrogens is 3. The van der Waals surface area contributed by atoms with Gasteiger partial charge in [-0.05, 0) is 14.0 Å². The van der Waals surface area contributed by atoms with E-state index in [4.69, 9.17) is 0 Å². The second-order valence-electron chi connectivity index (χ2n) is 5.46. The van der Waals surface area contributed by atoms with Crippen LogP contribution in [-0.4, -0.2) is 81.5 Å². The van der Waals surface area contributed by atoms with Gasteiger partial charge in [0, 0.05) is 33.2 Å². The smallest absolute Gasteiger partial charge is 0.236 e. The maximum Gasteiger partial charge on any atom is 0.236 e. The first kappa shape index (κ1) is 15.9. The molecular formula is C13H24N6O2. The summed E-state index contributed by atoms with van der Waals surface area (Å²) in [6.45, 7) is 5.05.